The normalized spacial score (nSPS) is 10.4. The minimum atomic E-state index is -0.347. The summed E-state index contributed by atoms with van der Waals surface area (Å²) in [5.41, 5.74) is 1.44. The second-order valence-corrected chi connectivity index (χ2v) is 6.14. The van der Waals surface area contributed by atoms with Gasteiger partial charge in [-0.15, -0.1) is 0 Å². The standard InChI is InChI=1S/C21H25FN2O2/c1-3-13-24(14-4-2)21(26)17-11-9-16(10-12-17)20(25)23-15-18-7-5-6-8-19(18)22/h5-12H,3-4,13-15H2,1-2H3,(H,23,25). The van der Waals surface area contributed by atoms with E-state index in [0.717, 1.165) is 25.9 Å². The van der Waals surface area contributed by atoms with Gasteiger partial charge in [-0.2, -0.15) is 0 Å². The van der Waals surface area contributed by atoms with Gasteiger partial charge in [0, 0.05) is 36.3 Å². The molecule has 0 aromatic heterocycles. The molecule has 0 unspecified atom stereocenters. The Bertz CT molecular complexity index is 738. The fourth-order valence-electron chi connectivity index (χ4n) is 2.72. The molecule has 2 rings (SSSR count). The van der Waals surface area contributed by atoms with Gasteiger partial charge < -0.3 is 10.2 Å². The highest BCUT2D eigenvalue weighted by Gasteiger charge is 2.15. The van der Waals surface area contributed by atoms with E-state index < -0.39 is 0 Å². The third-order valence-electron chi connectivity index (χ3n) is 4.07. The van der Waals surface area contributed by atoms with Gasteiger partial charge in [-0.05, 0) is 43.2 Å². The van der Waals surface area contributed by atoms with Crippen molar-refractivity contribution in [3.8, 4) is 0 Å². The van der Waals surface area contributed by atoms with E-state index in [1.54, 1.807) is 42.5 Å². The van der Waals surface area contributed by atoms with Gasteiger partial charge in [-0.1, -0.05) is 32.0 Å². The Balaban J connectivity index is 2.00. The van der Waals surface area contributed by atoms with Crippen LogP contribution in [0.1, 0.15) is 53.0 Å². The van der Waals surface area contributed by atoms with Crippen LogP contribution in [0.5, 0.6) is 0 Å². The van der Waals surface area contributed by atoms with Crippen LogP contribution in [0, 0.1) is 5.82 Å². The molecule has 0 aliphatic carbocycles. The first-order valence-electron chi connectivity index (χ1n) is 8.97. The van der Waals surface area contributed by atoms with Crippen molar-refractivity contribution >= 4 is 11.8 Å². The quantitative estimate of drug-likeness (QED) is 0.777. The van der Waals surface area contributed by atoms with Crippen LogP contribution >= 0.6 is 0 Å². The van der Waals surface area contributed by atoms with Gasteiger partial charge in [0.05, 0.1) is 0 Å². The zero-order chi connectivity index (χ0) is 18.9. The van der Waals surface area contributed by atoms with E-state index in [1.807, 2.05) is 18.7 Å². The number of halogens is 1. The molecule has 0 saturated heterocycles. The second kappa shape index (κ2) is 9.70. The maximum absolute atomic E-state index is 13.6. The molecule has 5 heteroatoms. The smallest absolute Gasteiger partial charge is 0.253 e. The number of benzene rings is 2. The molecule has 0 bridgehead atoms. The van der Waals surface area contributed by atoms with E-state index in [0.29, 0.717) is 16.7 Å². The highest BCUT2D eigenvalue weighted by atomic mass is 19.1. The van der Waals surface area contributed by atoms with Crippen LogP contribution in [0.25, 0.3) is 0 Å². The Morgan fingerprint density at radius 2 is 1.50 bits per heavy atom. The predicted octanol–water partition coefficient (Wildman–Crippen LogP) is 4.02. The molecule has 0 fully saturated rings. The van der Waals surface area contributed by atoms with Crippen molar-refractivity contribution in [3.63, 3.8) is 0 Å². The number of nitrogens with one attached hydrogen (secondary N) is 1. The lowest BCUT2D eigenvalue weighted by molar-refractivity contribution is 0.0755. The fraction of sp³-hybridized carbons (Fsp3) is 0.333. The summed E-state index contributed by atoms with van der Waals surface area (Å²) in [4.78, 5) is 26.6. The largest absolute Gasteiger partial charge is 0.348 e. The third-order valence-corrected chi connectivity index (χ3v) is 4.07. The molecule has 0 aliphatic rings. The molecule has 1 N–H and O–H groups in total. The van der Waals surface area contributed by atoms with Gasteiger partial charge in [0.15, 0.2) is 0 Å². The molecule has 0 atom stereocenters. The van der Waals surface area contributed by atoms with E-state index in [-0.39, 0.29) is 24.2 Å². The first kappa shape index (κ1) is 19.6. The van der Waals surface area contributed by atoms with E-state index in [9.17, 15) is 14.0 Å². The maximum Gasteiger partial charge on any atom is 0.253 e. The van der Waals surface area contributed by atoms with Crippen molar-refractivity contribution in [2.75, 3.05) is 13.1 Å². The van der Waals surface area contributed by atoms with Gasteiger partial charge in [0.25, 0.3) is 11.8 Å². The van der Waals surface area contributed by atoms with E-state index in [2.05, 4.69) is 5.32 Å². The van der Waals surface area contributed by atoms with Crippen LogP contribution in [-0.2, 0) is 6.54 Å². The van der Waals surface area contributed by atoms with Crippen LogP contribution < -0.4 is 5.32 Å². The molecule has 0 spiro atoms. The molecule has 2 aromatic carbocycles. The minimum Gasteiger partial charge on any atom is -0.348 e. The molecule has 2 amide bonds. The minimum absolute atomic E-state index is 0.0213. The van der Waals surface area contributed by atoms with Crippen molar-refractivity contribution < 1.29 is 14.0 Å². The third kappa shape index (κ3) is 5.15. The molecule has 0 aliphatic heterocycles. The average molecular weight is 356 g/mol. The van der Waals surface area contributed by atoms with Gasteiger partial charge in [-0.25, -0.2) is 4.39 Å². The lowest BCUT2D eigenvalue weighted by atomic mass is 10.1. The lowest BCUT2D eigenvalue weighted by Gasteiger charge is -2.21. The van der Waals surface area contributed by atoms with Crippen LogP contribution in [0.3, 0.4) is 0 Å². The Labute approximate surface area is 154 Å². The molecule has 26 heavy (non-hydrogen) atoms. The van der Waals surface area contributed by atoms with Gasteiger partial charge >= 0.3 is 0 Å². The number of hydrogen-bond donors (Lipinski definition) is 1. The number of nitrogens with zero attached hydrogens (tertiary/aromatic N) is 1. The summed E-state index contributed by atoms with van der Waals surface area (Å²) < 4.78 is 13.6. The van der Waals surface area contributed by atoms with Gasteiger partial charge in [-0.3, -0.25) is 9.59 Å². The molecular formula is C21H25FN2O2. The van der Waals surface area contributed by atoms with Crippen LogP contribution in [-0.4, -0.2) is 29.8 Å². The molecule has 138 valence electrons. The van der Waals surface area contributed by atoms with Crippen molar-refractivity contribution in [1.82, 2.24) is 10.2 Å². The first-order chi connectivity index (χ1) is 12.6. The van der Waals surface area contributed by atoms with Gasteiger partial charge in [0.2, 0.25) is 0 Å². The summed E-state index contributed by atoms with van der Waals surface area (Å²) in [6, 6.07) is 12.9. The highest BCUT2D eigenvalue weighted by Crippen LogP contribution is 2.10. The lowest BCUT2D eigenvalue weighted by Crippen LogP contribution is -2.32. The van der Waals surface area contributed by atoms with E-state index in [1.165, 1.54) is 6.07 Å². The summed E-state index contributed by atoms with van der Waals surface area (Å²) in [5, 5.41) is 2.69. The van der Waals surface area contributed by atoms with Crippen molar-refractivity contribution in [2.45, 2.75) is 33.2 Å². The SMILES string of the molecule is CCCN(CCC)C(=O)c1ccc(C(=O)NCc2ccccc2F)cc1. The Kier molecular flexibility index (Phi) is 7.33. The molecule has 0 saturated carbocycles. The maximum atomic E-state index is 13.6. The van der Waals surface area contributed by atoms with Crippen LogP contribution in [0.4, 0.5) is 4.39 Å². The van der Waals surface area contributed by atoms with Crippen LogP contribution in [0.2, 0.25) is 0 Å². The summed E-state index contributed by atoms with van der Waals surface area (Å²) >= 11 is 0. The molecule has 0 radical (unpaired) electrons. The monoisotopic (exact) mass is 356 g/mol. The predicted molar refractivity (Wildman–Crippen MR) is 100 cm³/mol. The first-order valence-corrected chi connectivity index (χ1v) is 8.97. The highest BCUT2D eigenvalue weighted by molar-refractivity contribution is 5.97. The fourth-order valence-corrected chi connectivity index (χ4v) is 2.72. The van der Waals surface area contributed by atoms with Crippen molar-refractivity contribution in [3.05, 3.63) is 71.0 Å². The Hall–Kier alpha value is -2.69. The molecule has 2 aromatic rings. The zero-order valence-corrected chi connectivity index (χ0v) is 15.3. The summed E-state index contributed by atoms with van der Waals surface area (Å²) in [6.07, 6.45) is 1.81. The summed E-state index contributed by atoms with van der Waals surface area (Å²) in [5.74, 6) is -0.668. The summed E-state index contributed by atoms with van der Waals surface area (Å²) in [6.45, 7) is 5.64. The number of carbonyl (C=O) groups is 2. The second-order valence-electron chi connectivity index (χ2n) is 6.14. The molecular weight excluding hydrogens is 331 g/mol. The van der Waals surface area contributed by atoms with Crippen molar-refractivity contribution in [1.29, 1.82) is 0 Å². The van der Waals surface area contributed by atoms with E-state index in [4.69, 9.17) is 0 Å². The zero-order valence-electron chi connectivity index (χ0n) is 15.3. The molecule has 0 heterocycles. The number of amides is 2. The summed E-state index contributed by atoms with van der Waals surface area (Å²) in [7, 11) is 0. The van der Waals surface area contributed by atoms with Crippen molar-refractivity contribution in [2.24, 2.45) is 0 Å². The number of hydrogen-bond acceptors (Lipinski definition) is 2. The number of rotatable bonds is 8. The molecule has 4 nitrogen and oxygen atoms in total. The van der Waals surface area contributed by atoms with E-state index >= 15 is 0 Å². The van der Waals surface area contributed by atoms with Crippen LogP contribution in [0.15, 0.2) is 48.5 Å². The number of carbonyl (C=O) groups excluding carboxylic acids is 2. The van der Waals surface area contributed by atoms with Gasteiger partial charge in [0.1, 0.15) is 5.82 Å². The Morgan fingerprint density at radius 1 is 0.923 bits per heavy atom. The Morgan fingerprint density at radius 3 is 2.08 bits per heavy atom. The average Bonchev–Trinajstić information content (AvgIpc) is 2.66. The topological polar surface area (TPSA) is 49.4 Å².